The Kier molecular flexibility index (Phi) is 10.2. The van der Waals surface area contributed by atoms with Crippen molar-refractivity contribution in [1.29, 1.82) is 0 Å². The highest BCUT2D eigenvalue weighted by atomic mass is 35.5. The Morgan fingerprint density at radius 3 is 2.31 bits per heavy atom. The average molecular weight is 589 g/mol. The molecule has 10 heteroatoms. The minimum Gasteiger partial charge on any atom is -1.00 e. The van der Waals surface area contributed by atoms with Gasteiger partial charge in [-0.25, -0.2) is 13.5 Å². The Balaban J connectivity index is 0.00000361. The Bertz CT molecular complexity index is 1310. The van der Waals surface area contributed by atoms with Gasteiger partial charge >= 0.3 is 0 Å². The summed E-state index contributed by atoms with van der Waals surface area (Å²) in [4.78, 5) is 12.6. The van der Waals surface area contributed by atoms with E-state index in [1.165, 1.54) is 24.3 Å². The first-order valence-electron chi connectivity index (χ1n) is 10.6. The Hall–Kier alpha value is -2.12. The summed E-state index contributed by atoms with van der Waals surface area (Å²) in [7, 11) is 0. The van der Waals surface area contributed by atoms with Crippen LogP contribution in [0, 0.1) is 5.82 Å². The van der Waals surface area contributed by atoms with E-state index in [4.69, 9.17) is 51.1 Å². The monoisotopic (exact) mass is 586 g/mol. The predicted octanol–water partition coefficient (Wildman–Crippen LogP) is 4.13. The summed E-state index contributed by atoms with van der Waals surface area (Å²) >= 11 is 25.1. The summed E-state index contributed by atoms with van der Waals surface area (Å²) in [6, 6.07) is 17.5. The van der Waals surface area contributed by atoms with Gasteiger partial charge in [-0.3, -0.25) is 4.79 Å². The van der Waals surface area contributed by atoms with Gasteiger partial charge in [0.05, 0.1) is 6.61 Å². The van der Waals surface area contributed by atoms with Crippen molar-refractivity contribution in [2.24, 2.45) is 0 Å². The Morgan fingerprint density at radius 2 is 1.64 bits per heavy atom. The molecule has 0 saturated carbocycles. The topological polar surface area (TPSA) is 35.1 Å². The molecule has 188 valence electrons. The number of Topliss-reactive ketones (excluding diaryl/α,β-unsaturated/α-hetero) is 1. The zero-order valence-corrected chi connectivity index (χ0v) is 22.4. The van der Waals surface area contributed by atoms with Gasteiger partial charge in [0.25, 0.3) is 0 Å². The standard InChI is InChI=1S/C26H20Cl4FN2O2.ClH/c27-20-6-1-18(2-7-20)25(26(30)35-15-19-3-8-21(28)13-23(19)29)33-12-11-32(16-33)14-24(34)17-4-9-22(31)10-5-17;/h1-13,16,25-26H,14-15H2;1H/q+1;/p-1. The van der Waals surface area contributed by atoms with Crippen molar-refractivity contribution < 1.29 is 30.9 Å². The second-order valence-electron chi connectivity index (χ2n) is 7.86. The van der Waals surface area contributed by atoms with Gasteiger partial charge in [-0.15, -0.1) is 0 Å². The van der Waals surface area contributed by atoms with Crippen LogP contribution in [0.15, 0.2) is 85.5 Å². The number of carbonyl (C=O) groups is 1. The molecule has 0 saturated heterocycles. The molecule has 36 heavy (non-hydrogen) atoms. The van der Waals surface area contributed by atoms with Crippen LogP contribution in [0.1, 0.15) is 27.5 Å². The fraction of sp³-hybridized carbons (Fsp3) is 0.154. The summed E-state index contributed by atoms with van der Waals surface area (Å²) in [5.41, 5.74) is 1.27. The molecule has 3 aromatic carbocycles. The van der Waals surface area contributed by atoms with E-state index < -0.39 is 11.6 Å². The average Bonchev–Trinajstić information content (AvgIpc) is 3.28. The molecule has 4 nitrogen and oxygen atoms in total. The normalized spacial score (nSPS) is 12.6. The summed E-state index contributed by atoms with van der Waals surface area (Å²) in [6.07, 6.45) is 5.35. The van der Waals surface area contributed by atoms with Crippen LogP contribution in [0.5, 0.6) is 0 Å². The lowest BCUT2D eigenvalue weighted by Crippen LogP contribution is -3.00. The molecule has 0 aliphatic heterocycles. The fourth-order valence-corrected chi connectivity index (χ4v) is 4.51. The Labute approximate surface area is 234 Å². The quantitative estimate of drug-likeness (QED) is 0.168. The molecule has 4 aromatic rings. The van der Waals surface area contributed by atoms with Crippen molar-refractivity contribution in [2.75, 3.05) is 0 Å². The third kappa shape index (κ3) is 7.22. The lowest BCUT2D eigenvalue weighted by Gasteiger charge is -2.21. The lowest BCUT2D eigenvalue weighted by atomic mass is 10.1. The second kappa shape index (κ2) is 12.9. The number of hydrogen-bond donors (Lipinski definition) is 0. The number of imidazole rings is 1. The number of halogens is 6. The van der Waals surface area contributed by atoms with Crippen molar-refractivity contribution in [3.05, 3.63) is 123 Å². The highest BCUT2D eigenvalue weighted by Gasteiger charge is 2.29. The largest absolute Gasteiger partial charge is 1.00 e. The fourth-order valence-electron chi connectivity index (χ4n) is 3.58. The van der Waals surface area contributed by atoms with Gasteiger partial charge in [0.1, 0.15) is 18.2 Å². The molecule has 1 heterocycles. The number of benzene rings is 3. The van der Waals surface area contributed by atoms with Crippen LogP contribution in [0.2, 0.25) is 15.1 Å². The number of ether oxygens (including phenoxy) is 1. The van der Waals surface area contributed by atoms with Crippen LogP contribution in [0.3, 0.4) is 0 Å². The minimum atomic E-state index is -0.781. The van der Waals surface area contributed by atoms with E-state index in [1.807, 2.05) is 22.9 Å². The van der Waals surface area contributed by atoms with Crippen LogP contribution < -0.4 is 17.0 Å². The first-order chi connectivity index (χ1) is 16.8. The molecule has 0 N–H and O–H groups in total. The van der Waals surface area contributed by atoms with E-state index in [-0.39, 0.29) is 37.2 Å². The molecule has 0 radical (unpaired) electrons. The van der Waals surface area contributed by atoms with E-state index >= 15 is 0 Å². The molecule has 1 aromatic heterocycles. The third-order valence-electron chi connectivity index (χ3n) is 5.40. The maximum absolute atomic E-state index is 13.2. The van der Waals surface area contributed by atoms with Gasteiger partial charge in [-0.2, -0.15) is 0 Å². The van der Waals surface area contributed by atoms with E-state index in [1.54, 1.807) is 47.4 Å². The smallest absolute Gasteiger partial charge is 0.244 e. The van der Waals surface area contributed by atoms with Crippen molar-refractivity contribution >= 4 is 52.2 Å². The first-order valence-corrected chi connectivity index (χ1v) is 12.2. The number of nitrogens with zero attached hydrogens (tertiary/aromatic N) is 2. The van der Waals surface area contributed by atoms with Crippen molar-refractivity contribution in [3.63, 3.8) is 0 Å². The van der Waals surface area contributed by atoms with Crippen molar-refractivity contribution in [1.82, 2.24) is 4.57 Å². The van der Waals surface area contributed by atoms with E-state index in [2.05, 4.69) is 0 Å². The maximum atomic E-state index is 13.2. The van der Waals surface area contributed by atoms with E-state index in [0.717, 1.165) is 11.1 Å². The Morgan fingerprint density at radius 1 is 0.972 bits per heavy atom. The summed E-state index contributed by atoms with van der Waals surface area (Å²) in [5.74, 6) is -0.536. The van der Waals surface area contributed by atoms with Crippen LogP contribution in [-0.2, 0) is 17.9 Å². The number of rotatable bonds is 9. The van der Waals surface area contributed by atoms with E-state index in [0.29, 0.717) is 20.6 Å². The number of carbonyl (C=O) groups excluding carboxylic acids is 1. The van der Waals surface area contributed by atoms with Crippen molar-refractivity contribution in [2.45, 2.75) is 24.8 Å². The summed E-state index contributed by atoms with van der Waals surface area (Å²) in [5, 5.41) is 1.62. The zero-order chi connectivity index (χ0) is 24.9. The van der Waals surface area contributed by atoms with Gasteiger partial charge in [0.15, 0.2) is 18.1 Å². The summed E-state index contributed by atoms with van der Waals surface area (Å²) < 4.78 is 22.8. The summed E-state index contributed by atoms with van der Waals surface area (Å²) in [6.45, 7) is 0.263. The highest BCUT2D eigenvalue weighted by Crippen LogP contribution is 2.30. The molecule has 0 amide bonds. The number of alkyl halides is 1. The molecular weight excluding hydrogens is 569 g/mol. The van der Waals surface area contributed by atoms with Crippen molar-refractivity contribution in [3.8, 4) is 0 Å². The molecule has 2 unspecified atom stereocenters. The van der Waals surface area contributed by atoms with Crippen LogP contribution in [-0.4, -0.2) is 15.9 Å². The molecule has 0 aliphatic carbocycles. The zero-order valence-electron chi connectivity index (χ0n) is 18.6. The second-order valence-corrected chi connectivity index (χ2v) is 9.57. The van der Waals surface area contributed by atoms with Crippen LogP contribution >= 0.6 is 46.4 Å². The van der Waals surface area contributed by atoms with Gasteiger partial charge in [-0.05, 0) is 54.1 Å². The molecule has 0 aliphatic rings. The van der Waals surface area contributed by atoms with Crippen LogP contribution in [0.4, 0.5) is 4.39 Å². The van der Waals surface area contributed by atoms with Crippen LogP contribution in [0.25, 0.3) is 0 Å². The van der Waals surface area contributed by atoms with Gasteiger partial charge < -0.3 is 17.1 Å². The third-order valence-corrected chi connectivity index (χ3v) is 6.60. The minimum absolute atomic E-state index is 0. The van der Waals surface area contributed by atoms with Gasteiger partial charge in [0.2, 0.25) is 12.1 Å². The number of ketones is 1. The molecule has 4 rings (SSSR count). The number of hydrogen-bond acceptors (Lipinski definition) is 2. The maximum Gasteiger partial charge on any atom is 0.244 e. The van der Waals surface area contributed by atoms with Gasteiger partial charge in [0, 0.05) is 26.2 Å². The molecule has 2 atom stereocenters. The molecule has 0 bridgehead atoms. The molecular formula is C26H20Cl5FN2O2. The molecule has 0 fully saturated rings. The highest BCUT2D eigenvalue weighted by molar-refractivity contribution is 6.35. The SMILES string of the molecule is O=C(C[n+]1ccn(C(c2ccc(Cl)cc2)C(Cl)OCc2ccc(Cl)cc2Cl)c1)c1ccc(F)cc1.[Cl-]. The predicted molar refractivity (Wildman–Crippen MR) is 136 cm³/mol. The number of aromatic nitrogens is 2. The first kappa shape index (κ1) is 28.5. The van der Waals surface area contributed by atoms with Gasteiger partial charge in [-0.1, -0.05) is 64.6 Å². The van der Waals surface area contributed by atoms with E-state index in [9.17, 15) is 9.18 Å². The lowest BCUT2D eigenvalue weighted by molar-refractivity contribution is -0.682. The molecule has 0 spiro atoms.